The molecule has 0 aliphatic rings. The van der Waals surface area contributed by atoms with Crippen molar-refractivity contribution in [2.45, 2.75) is 30.4 Å². The van der Waals surface area contributed by atoms with Crippen LogP contribution in [-0.4, -0.2) is 28.0 Å². The minimum absolute atomic E-state index is 0.103. The predicted molar refractivity (Wildman–Crippen MR) is 189 cm³/mol. The zero-order valence-electron chi connectivity index (χ0n) is 25.1. The Morgan fingerprint density at radius 1 is 0.913 bits per heavy atom. The highest BCUT2D eigenvalue weighted by Gasteiger charge is 2.21. The van der Waals surface area contributed by atoms with Crippen LogP contribution in [0.2, 0.25) is 5.02 Å². The predicted octanol–water partition coefficient (Wildman–Crippen LogP) is 8.69. The molecule has 1 heterocycles. The molecule has 1 aromatic heterocycles. The van der Waals surface area contributed by atoms with E-state index in [1.54, 1.807) is 42.5 Å². The van der Waals surface area contributed by atoms with Crippen molar-refractivity contribution in [3.05, 3.63) is 136 Å². The summed E-state index contributed by atoms with van der Waals surface area (Å²) in [7, 11) is 0. The molecular weight excluding hydrogens is 636 g/mol. The summed E-state index contributed by atoms with van der Waals surface area (Å²) in [5.74, 6) is -1.04. The highest BCUT2D eigenvalue weighted by molar-refractivity contribution is 8.00. The summed E-state index contributed by atoms with van der Waals surface area (Å²) in [6.07, 6.45) is 2.24. The van der Waals surface area contributed by atoms with Gasteiger partial charge in [-0.15, -0.1) is 23.1 Å². The molecule has 7 nitrogen and oxygen atoms in total. The first-order chi connectivity index (χ1) is 22.3. The van der Waals surface area contributed by atoms with Gasteiger partial charge in [0.25, 0.3) is 11.8 Å². The lowest BCUT2D eigenvalue weighted by Crippen LogP contribution is -2.30. The fourth-order valence-electron chi connectivity index (χ4n) is 4.49. The first-order valence-corrected chi connectivity index (χ1v) is 16.7. The second-order valence-electron chi connectivity index (χ2n) is 10.2. The molecule has 0 spiro atoms. The van der Waals surface area contributed by atoms with E-state index in [9.17, 15) is 14.4 Å². The minimum Gasteiger partial charge on any atom is -0.321 e. The van der Waals surface area contributed by atoms with E-state index in [0.29, 0.717) is 33.5 Å². The average Bonchev–Trinajstić information content (AvgIpc) is 3.53. The second kappa shape index (κ2) is 15.5. The number of thioether (sulfide) groups is 1. The molecular formula is C36H31ClN4O3S2. The van der Waals surface area contributed by atoms with Crippen molar-refractivity contribution in [3.63, 3.8) is 0 Å². The highest BCUT2D eigenvalue weighted by atomic mass is 35.5. The highest BCUT2D eigenvalue weighted by Crippen LogP contribution is 2.32. The van der Waals surface area contributed by atoms with Crippen LogP contribution in [0.15, 0.2) is 119 Å². The topological polar surface area (TPSA) is 100 Å². The molecule has 1 unspecified atom stereocenters. The molecule has 3 N–H and O–H groups in total. The lowest BCUT2D eigenvalue weighted by molar-refractivity contribution is -0.116. The maximum atomic E-state index is 13.5. The van der Waals surface area contributed by atoms with Crippen molar-refractivity contribution in [2.75, 3.05) is 10.6 Å². The van der Waals surface area contributed by atoms with Gasteiger partial charge in [0, 0.05) is 32.1 Å². The number of benzene rings is 4. The number of hydrogen-bond donors (Lipinski definition) is 3. The Hall–Kier alpha value is -4.70. The molecule has 10 heteroatoms. The molecule has 0 aliphatic carbocycles. The van der Waals surface area contributed by atoms with Crippen molar-refractivity contribution >= 4 is 69.3 Å². The quantitative estimate of drug-likeness (QED) is 0.0967. The Kier molecular flexibility index (Phi) is 11.0. The molecule has 4 aromatic carbocycles. The van der Waals surface area contributed by atoms with E-state index in [1.165, 1.54) is 23.1 Å². The average molecular weight is 667 g/mol. The molecule has 232 valence electrons. The maximum Gasteiger partial charge on any atom is 0.272 e. The lowest BCUT2D eigenvalue weighted by Gasteiger charge is -2.15. The molecule has 5 aromatic rings. The van der Waals surface area contributed by atoms with Gasteiger partial charge in [-0.2, -0.15) is 0 Å². The molecule has 3 amide bonds. The summed E-state index contributed by atoms with van der Waals surface area (Å²) in [6.45, 7) is 3.88. The van der Waals surface area contributed by atoms with Gasteiger partial charge in [0.15, 0.2) is 5.13 Å². The first-order valence-electron chi connectivity index (χ1n) is 14.5. The van der Waals surface area contributed by atoms with Crippen LogP contribution in [0.1, 0.15) is 34.8 Å². The van der Waals surface area contributed by atoms with Gasteiger partial charge >= 0.3 is 0 Å². The van der Waals surface area contributed by atoms with E-state index in [2.05, 4.69) is 20.9 Å². The van der Waals surface area contributed by atoms with Crippen molar-refractivity contribution in [1.82, 2.24) is 10.3 Å². The molecule has 0 bridgehead atoms. The Labute approximate surface area is 281 Å². The summed E-state index contributed by atoms with van der Waals surface area (Å²) in [4.78, 5) is 45.1. The maximum absolute atomic E-state index is 13.5. The van der Waals surface area contributed by atoms with Gasteiger partial charge in [-0.05, 0) is 66.9 Å². The summed E-state index contributed by atoms with van der Waals surface area (Å²) in [5.41, 5.74) is 4.34. The van der Waals surface area contributed by atoms with Crippen LogP contribution in [0.4, 0.5) is 10.8 Å². The van der Waals surface area contributed by atoms with E-state index in [0.717, 1.165) is 21.6 Å². The van der Waals surface area contributed by atoms with Crippen molar-refractivity contribution in [3.8, 4) is 11.3 Å². The van der Waals surface area contributed by atoms with E-state index in [1.807, 2.05) is 86.0 Å². The third-order valence-corrected chi connectivity index (χ3v) is 9.38. The van der Waals surface area contributed by atoms with Gasteiger partial charge < -0.3 is 16.0 Å². The Bertz CT molecular complexity index is 1890. The third-order valence-electron chi connectivity index (χ3n) is 6.93. The van der Waals surface area contributed by atoms with Crippen molar-refractivity contribution in [1.29, 1.82) is 0 Å². The second-order valence-corrected chi connectivity index (χ2v) is 12.8. The number of halogens is 1. The van der Waals surface area contributed by atoms with Crippen LogP contribution in [0.3, 0.4) is 0 Å². The Morgan fingerprint density at radius 2 is 1.65 bits per heavy atom. The number of carbonyl (C=O) groups is 3. The summed E-state index contributed by atoms with van der Waals surface area (Å²) < 4.78 is 0. The fraction of sp³-hybridized carbons (Fsp3) is 0.111. The monoisotopic (exact) mass is 666 g/mol. The molecule has 0 saturated carbocycles. The Balaban J connectivity index is 1.28. The number of rotatable bonds is 11. The number of carbonyl (C=O) groups excluding carboxylic acids is 3. The summed E-state index contributed by atoms with van der Waals surface area (Å²) in [6, 6.07) is 31.0. The molecule has 1 atom stereocenters. The molecule has 0 fully saturated rings. The summed E-state index contributed by atoms with van der Waals surface area (Å²) >= 11 is 9.04. The largest absolute Gasteiger partial charge is 0.321 e. The molecule has 0 saturated heterocycles. The smallest absolute Gasteiger partial charge is 0.272 e. The van der Waals surface area contributed by atoms with E-state index in [4.69, 9.17) is 11.6 Å². The van der Waals surface area contributed by atoms with Gasteiger partial charge in [0.1, 0.15) is 5.70 Å². The number of hydrogen-bond acceptors (Lipinski definition) is 6. The number of anilines is 2. The van der Waals surface area contributed by atoms with Crippen molar-refractivity contribution in [2.24, 2.45) is 0 Å². The normalized spacial score (nSPS) is 11.8. The van der Waals surface area contributed by atoms with Crippen LogP contribution in [0, 0.1) is 6.92 Å². The Morgan fingerprint density at radius 3 is 2.41 bits per heavy atom. The lowest BCUT2D eigenvalue weighted by atomic mass is 10.1. The van der Waals surface area contributed by atoms with E-state index in [-0.39, 0.29) is 11.6 Å². The number of nitrogens with one attached hydrogen (secondary N) is 3. The number of aromatic nitrogens is 1. The van der Waals surface area contributed by atoms with E-state index >= 15 is 0 Å². The van der Waals surface area contributed by atoms with Gasteiger partial charge in [-0.1, -0.05) is 85.3 Å². The van der Waals surface area contributed by atoms with Gasteiger partial charge in [-0.3, -0.25) is 14.4 Å². The van der Waals surface area contributed by atoms with Crippen molar-refractivity contribution < 1.29 is 14.4 Å². The third kappa shape index (κ3) is 8.51. The molecule has 0 radical (unpaired) electrons. The van der Waals surface area contributed by atoms with Gasteiger partial charge in [-0.25, -0.2) is 4.98 Å². The van der Waals surface area contributed by atoms with Crippen LogP contribution < -0.4 is 16.0 Å². The van der Waals surface area contributed by atoms with Gasteiger partial charge in [0.05, 0.1) is 10.9 Å². The first kappa shape index (κ1) is 32.7. The molecule has 5 rings (SSSR count). The SMILES string of the molecule is CCC(Sc1cccc(NC(=O)/C(=C/c2ccccc2C)NC(=O)c2ccccc2)c1)C(=O)Nc1nc(-c2ccccc2Cl)cs1. The van der Waals surface area contributed by atoms with E-state index < -0.39 is 17.1 Å². The zero-order valence-corrected chi connectivity index (χ0v) is 27.5. The molecule has 46 heavy (non-hydrogen) atoms. The standard InChI is InChI=1S/C36H31ClN4O3S2/c1-3-32(35(44)41-36-40-31(22-45-36)28-18-9-10-19-29(28)37)46-27-17-11-16-26(21-27)38-34(43)30(20-25-15-8-7-12-23(25)2)39-33(42)24-13-5-4-6-14-24/h4-22,32H,3H2,1-2H3,(H,38,43)(H,39,42)(H,40,41,44)/b30-20-. The number of aryl methyl sites for hydroxylation is 1. The van der Waals surface area contributed by atoms with Crippen LogP contribution in [0.5, 0.6) is 0 Å². The number of amides is 3. The number of nitrogens with zero attached hydrogens (tertiary/aromatic N) is 1. The van der Waals surface area contributed by atoms with Crippen LogP contribution in [0.25, 0.3) is 17.3 Å². The minimum atomic E-state index is -0.474. The number of thiazole rings is 1. The summed E-state index contributed by atoms with van der Waals surface area (Å²) in [5, 5.41) is 11.2. The molecule has 0 aliphatic heterocycles. The van der Waals surface area contributed by atoms with Crippen LogP contribution >= 0.6 is 34.7 Å². The van der Waals surface area contributed by atoms with Gasteiger partial charge in [0.2, 0.25) is 5.91 Å². The fourth-order valence-corrected chi connectivity index (χ4v) is 6.45. The van der Waals surface area contributed by atoms with Crippen LogP contribution in [-0.2, 0) is 9.59 Å². The zero-order chi connectivity index (χ0) is 32.5.